The van der Waals surface area contributed by atoms with Crippen LogP contribution < -0.4 is 19.5 Å². The molecule has 0 radical (unpaired) electrons. The first kappa shape index (κ1) is 22.5. The second-order valence-corrected chi connectivity index (χ2v) is 7.91. The van der Waals surface area contributed by atoms with E-state index in [1.54, 1.807) is 38.4 Å². The van der Waals surface area contributed by atoms with Crippen LogP contribution in [0.5, 0.6) is 17.2 Å². The van der Waals surface area contributed by atoms with E-state index in [1.807, 2.05) is 37.3 Å². The van der Waals surface area contributed by atoms with Crippen LogP contribution in [0.4, 0.5) is 14.9 Å². The third-order valence-corrected chi connectivity index (χ3v) is 6.00. The molecule has 1 aliphatic heterocycles. The number of methoxy groups -OCH3 is 3. The number of hydrogen-bond acceptors (Lipinski definition) is 4. The van der Waals surface area contributed by atoms with Crippen molar-refractivity contribution < 1.29 is 23.4 Å². The third kappa shape index (κ3) is 4.44. The average molecular weight is 451 g/mol. The van der Waals surface area contributed by atoms with Gasteiger partial charge in [-0.05, 0) is 78.1 Å². The Hall–Kier alpha value is -3.74. The molecule has 172 valence electrons. The Bertz CT molecular complexity index is 1160. The van der Waals surface area contributed by atoms with E-state index in [0.29, 0.717) is 30.2 Å². The molecule has 0 aliphatic carbocycles. The summed E-state index contributed by atoms with van der Waals surface area (Å²) in [5.41, 5.74) is 4.39. The molecule has 33 heavy (non-hydrogen) atoms. The Morgan fingerprint density at radius 2 is 1.67 bits per heavy atom. The van der Waals surface area contributed by atoms with Gasteiger partial charge in [-0.3, -0.25) is 0 Å². The average Bonchev–Trinajstić information content (AvgIpc) is 2.84. The van der Waals surface area contributed by atoms with Gasteiger partial charge < -0.3 is 24.4 Å². The summed E-state index contributed by atoms with van der Waals surface area (Å²) in [6.07, 6.45) is 0.655. The molecule has 1 heterocycles. The first-order valence-electron chi connectivity index (χ1n) is 10.7. The zero-order valence-electron chi connectivity index (χ0n) is 19.1. The predicted molar refractivity (Wildman–Crippen MR) is 125 cm³/mol. The lowest BCUT2D eigenvalue weighted by atomic mass is 9.88. The summed E-state index contributed by atoms with van der Waals surface area (Å²) in [6, 6.07) is 15.0. The summed E-state index contributed by atoms with van der Waals surface area (Å²) in [5, 5.41) is 3.03. The van der Waals surface area contributed by atoms with Crippen LogP contribution in [0.2, 0.25) is 0 Å². The van der Waals surface area contributed by atoms with Gasteiger partial charge >= 0.3 is 6.03 Å². The SMILES string of the molecule is COc1ccc(NC(=O)N2CCc3cc(OC)c(OC)cc3[C@@H]2c2ccc(F)cc2)c(C)c1. The van der Waals surface area contributed by atoms with Crippen LogP contribution in [0.3, 0.4) is 0 Å². The molecule has 0 saturated heterocycles. The molecule has 4 rings (SSSR count). The van der Waals surface area contributed by atoms with Gasteiger partial charge in [0.25, 0.3) is 0 Å². The van der Waals surface area contributed by atoms with Crippen LogP contribution in [-0.2, 0) is 6.42 Å². The van der Waals surface area contributed by atoms with E-state index >= 15 is 0 Å². The zero-order chi connectivity index (χ0) is 23.5. The molecule has 1 N–H and O–H groups in total. The molecule has 0 saturated carbocycles. The van der Waals surface area contributed by atoms with Crippen LogP contribution >= 0.6 is 0 Å². The number of halogens is 1. The minimum atomic E-state index is -0.410. The topological polar surface area (TPSA) is 60.0 Å². The number of rotatable bonds is 5. The highest BCUT2D eigenvalue weighted by Crippen LogP contribution is 2.41. The molecule has 0 fully saturated rings. The van der Waals surface area contributed by atoms with Gasteiger partial charge in [-0.2, -0.15) is 0 Å². The van der Waals surface area contributed by atoms with Crippen molar-refractivity contribution in [2.45, 2.75) is 19.4 Å². The summed E-state index contributed by atoms with van der Waals surface area (Å²) in [7, 11) is 4.78. The van der Waals surface area contributed by atoms with E-state index in [4.69, 9.17) is 14.2 Å². The third-order valence-electron chi connectivity index (χ3n) is 6.00. The number of aryl methyl sites for hydroxylation is 1. The molecule has 7 heteroatoms. The number of anilines is 1. The van der Waals surface area contributed by atoms with Gasteiger partial charge in [0.15, 0.2) is 11.5 Å². The van der Waals surface area contributed by atoms with E-state index in [9.17, 15) is 9.18 Å². The van der Waals surface area contributed by atoms with Gasteiger partial charge in [0.05, 0.1) is 27.4 Å². The van der Waals surface area contributed by atoms with E-state index in [0.717, 1.165) is 28.0 Å². The van der Waals surface area contributed by atoms with Crippen molar-refractivity contribution in [3.8, 4) is 17.2 Å². The molecule has 3 aromatic carbocycles. The summed E-state index contributed by atoms with van der Waals surface area (Å²) in [6.45, 7) is 2.41. The molecule has 1 aliphatic rings. The van der Waals surface area contributed by atoms with Gasteiger partial charge in [-0.1, -0.05) is 12.1 Å². The van der Waals surface area contributed by atoms with E-state index in [1.165, 1.54) is 12.1 Å². The molecule has 3 aromatic rings. The number of amides is 2. The van der Waals surface area contributed by atoms with E-state index < -0.39 is 6.04 Å². The van der Waals surface area contributed by atoms with Crippen molar-refractivity contribution in [2.75, 3.05) is 33.2 Å². The number of benzene rings is 3. The maximum Gasteiger partial charge on any atom is 0.322 e. The van der Waals surface area contributed by atoms with Crippen molar-refractivity contribution in [1.82, 2.24) is 4.90 Å². The van der Waals surface area contributed by atoms with Gasteiger partial charge in [-0.25, -0.2) is 9.18 Å². The maximum absolute atomic E-state index is 13.7. The lowest BCUT2D eigenvalue weighted by Crippen LogP contribution is -2.43. The summed E-state index contributed by atoms with van der Waals surface area (Å²) < 4.78 is 29.9. The molecule has 1 atom stereocenters. The summed E-state index contributed by atoms with van der Waals surface area (Å²) in [4.78, 5) is 15.2. The molecule has 6 nitrogen and oxygen atoms in total. The van der Waals surface area contributed by atoms with Gasteiger partial charge in [-0.15, -0.1) is 0 Å². The largest absolute Gasteiger partial charge is 0.497 e. The van der Waals surface area contributed by atoms with Gasteiger partial charge in [0.1, 0.15) is 11.6 Å². The zero-order valence-corrected chi connectivity index (χ0v) is 19.1. The molecule has 0 spiro atoms. The fourth-order valence-corrected chi connectivity index (χ4v) is 4.26. The summed E-state index contributed by atoms with van der Waals surface area (Å²) >= 11 is 0. The number of ether oxygens (including phenoxy) is 3. The lowest BCUT2D eigenvalue weighted by molar-refractivity contribution is 0.193. The molecule has 0 unspecified atom stereocenters. The first-order valence-corrected chi connectivity index (χ1v) is 10.7. The van der Waals surface area contributed by atoms with Crippen molar-refractivity contribution in [1.29, 1.82) is 0 Å². The van der Waals surface area contributed by atoms with Crippen molar-refractivity contribution >= 4 is 11.7 Å². The number of carbonyl (C=O) groups excluding carboxylic acids is 1. The smallest absolute Gasteiger partial charge is 0.322 e. The number of urea groups is 1. The number of hydrogen-bond donors (Lipinski definition) is 1. The minimum absolute atomic E-state index is 0.238. The molecule has 0 aromatic heterocycles. The van der Waals surface area contributed by atoms with Crippen LogP contribution in [-0.4, -0.2) is 38.8 Å². The number of nitrogens with zero attached hydrogens (tertiary/aromatic N) is 1. The molecule has 2 amide bonds. The first-order chi connectivity index (χ1) is 15.9. The Morgan fingerprint density at radius 3 is 2.30 bits per heavy atom. The van der Waals surface area contributed by atoms with Crippen LogP contribution in [0.15, 0.2) is 54.6 Å². The quantitative estimate of drug-likeness (QED) is 0.570. The Balaban J connectivity index is 1.74. The van der Waals surface area contributed by atoms with E-state index in [-0.39, 0.29) is 11.8 Å². The van der Waals surface area contributed by atoms with Gasteiger partial charge in [0, 0.05) is 12.2 Å². The molecular weight excluding hydrogens is 423 g/mol. The predicted octanol–water partition coefficient (Wildman–Crippen LogP) is 5.34. The molecular formula is C26H27FN2O4. The van der Waals surface area contributed by atoms with Crippen LogP contribution in [0.1, 0.15) is 28.3 Å². The fourth-order valence-electron chi connectivity index (χ4n) is 4.26. The highest BCUT2D eigenvalue weighted by molar-refractivity contribution is 5.91. The lowest BCUT2D eigenvalue weighted by Gasteiger charge is -2.38. The molecule has 0 bridgehead atoms. The van der Waals surface area contributed by atoms with Crippen molar-refractivity contribution in [2.24, 2.45) is 0 Å². The van der Waals surface area contributed by atoms with Crippen LogP contribution in [0.25, 0.3) is 0 Å². The normalized spacial score (nSPS) is 14.9. The highest BCUT2D eigenvalue weighted by Gasteiger charge is 2.33. The van der Waals surface area contributed by atoms with Crippen molar-refractivity contribution in [3.05, 3.63) is 82.7 Å². The fraction of sp³-hybridized carbons (Fsp3) is 0.269. The highest BCUT2D eigenvalue weighted by atomic mass is 19.1. The summed E-state index contributed by atoms with van der Waals surface area (Å²) in [5.74, 6) is 1.62. The monoisotopic (exact) mass is 450 g/mol. The maximum atomic E-state index is 13.7. The number of carbonyl (C=O) groups is 1. The number of nitrogens with one attached hydrogen (secondary N) is 1. The Morgan fingerprint density at radius 1 is 0.970 bits per heavy atom. The van der Waals surface area contributed by atoms with Crippen molar-refractivity contribution in [3.63, 3.8) is 0 Å². The number of fused-ring (bicyclic) bond motifs is 1. The van der Waals surface area contributed by atoms with Crippen LogP contribution in [0, 0.1) is 12.7 Å². The Kier molecular flexibility index (Phi) is 6.40. The van der Waals surface area contributed by atoms with E-state index in [2.05, 4.69) is 5.32 Å². The van der Waals surface area contributed by atoms with Gasteiger partial charge in [0.2, 0.25) is 0 Å². The Labute approximate surface area is 192 Å². The second kappa shape index (κ2) is 9.40. The minimum Gasteiger partial charge on any atom is -0.497 e. The standard InChI is InChI=1S/C26H27FN2O4/c1-16-13-20(31-2)9-10-22(16)28-26(30)29-12-11-18-14-23(32-3)24(33-4)15-21(18)25(29)17-5-7-19(27)8-6-17/h5-10,13-15,25H,11-12H2,1-4H3,(H,28,30)/t25-/m0/s1. The second-order valence-electron chi connectivity index (χ2n) is 7.91.